The Labute approximate surface area is 318 Å². The van der Waals surface area contributed by atoms with E-state index in [2.05, 4.69) is 4.99 Å². The second-order valence-electron chi connectivity index (χ2n) is 11.9. The van der Waals surface area contributed by atoms with Crippen LogP contribution in [0.2, 0.25) is 0 Å². The normalized spacial score (nSPS) is 15.9. The number of ether oxygens (including phenoxy) is 1. The predicted octanol–water partition coefficient (Wildman–Crippen LogP) is -1.31. The number of Topliss-reactive ketones (excluding diaryl/α,β-unsaturated/α-hetero) is 4. The summed E-state index contributed by atoms with van der Waals surface area (Å²) < 4.78 is 5.00. The van der Waals surface area contributed by atoms with Crippen LogP contribution in [-0.4, -0.2) is 149 Å². The summed E-state index contributed by atoms with van der Waals surface area (Å²) in [7, 11) is 0. The van der Waals surface area contributed by atoms with Crippen LogP contribution in [0.1, 0.15) is 44.9 Å². The highest BCUT2D eigenvalue weighted by molar-refractivity contribution is 6.51. The number of hydrogen-bond acceptors (Lipinski definition) is 21. The van der Waals surface area contributed by atoms with E-state index in [0.717, 1.165) is 0 Å². The number of phenolic OH excluding ortho intramolecular Hbond substituents is 9. The van der Waals surface area contributed by atoms with Crippen molar-refractivity contribution in [1.82, 2.24) is 4.90 Å². The van der Waals surface area contributed by atoms with Crippen LogP contribution in [0.4, 0.5) is 0 Å². The monoisotopic (exact) mass is 802 g/mol. The largest absolute Gasteiger partial charge is 0.504 e. The van der Waals surface area contributed by atoms with Gasteiger partial charge in [-0.3, -0.25) is 33.9 Å². The number of aliphatic hydroxyl groups excluding tert-OH is 4. The van der Waals surface area contributed by atoms with Crippen LogP contribution in [-0.2, 0) is 19.1 Å². The number of carbonyl (C=O) groups is 6. The number of allylic oxidation sites excluding steroid dienone is 1. The average molecular weight is 803 g/mol. The summed E-state index contributed by atoms with van der Waals surface area (Å²) in [6.07, 6.45) is -4.48. The van der Waals surface area contributed by atoms with Gasteiger partial charge >= 0.3 is 5.97 Å². The Kier molecular flexibility index (Phi) is 13.5. The van der Waals surface area contributed by atoms with Gasteiger partial charge in [0.15, 0.2) is 63.7 Å². The summed E-state index contributed by atoms with van der Waals surface area (Å²) in [5.74, 6) is -19.4. The van der Waals surface area contributed by atoms with Crippen LogP contribution < -0.4 is 0 Å². The van der Waals surface area contributed by atoms with Crippen molar-refractivity contribution in [2.45, 2.75) is 43.9 Å². The highest BCUT2D eigenvalue weighted by Crippen LogP contribution is 2.41. The summed E-state index contributed by atoms with van der Waals surface area (Å²) in [4.78, 5) is 81.8. The van der Waals surface area contributed by atoms with E-state index < -0.39 is 128 Å². The molecular formula is C35H34N2O20. The van der Waals surface area contributed by atoms with Crippen molar-refractivity contribution in [2.75, 3.05) is 6.61 Å². The van der Waals surface area contributed by atoms with Crippen LogP contribution in [0.25, 0.3) is 0 Å². The highest BCUT2D eigenvalue weighted by atomic mass is 16.6. The Balaban J connectivity index is 0.000000617. The molecule has 0 fully saturated rings. The number of aromatic hydroxyl groups is 9. The van der Waals surface area contributed by atoms with Gasteiger partial charge in [0.1, 0.15) is 18.3 Å². The molecule has 0 bridgehead atoms. The Morgan fingerprint density at radius 2 is 1.12 bits per heavy atom. The first-order valence-electron chi connectivity index (χ1n) is 15.8. The zero-order valence-electron chi connectivity index (χ0n) is 29.3. The molecule has 0 aliphatic carbocycles. The molecule has 1 amide bonds. The second kappa shape index (κ2) is 17.5. The lowest BCUT2D eigenvalue weighted by Gasteiger charge is -2.37. The molecule has 1 aliphatic rings. The van der Waals surface area contributed by atoms with Crippen LogP contribution in [0.15, 0.2) is 53.7 Å². The maximum absolute atomic E-state index is 14.0. The topological polar surface area (TPSA) is 390 Å². The number of aliphatic imine (C=N–C) groups is 1. The molecule has 5 atom stereocenters. The van der Waals surface area contributed by atoms with Gasteiger partial charge in [0, 0.05) is 30.5 Å². The van der Waals surface area contributed by atoms with Gasteiger partial charge in [-0.2, -0.15) is 0 Å². The molecule has 1 heterocycles. The van der Waals surface area contributed by atoms with Crippen molar-refractivity contribution < 1.29 is 99.9 Å². The third-order valence-electron chi connectivity index (χ3n) is 7.98. The standard InChI is InChI=1S/C27H24O18.C8H10N2O2/c28-7-17(35)22(40)25(43)27(23(41)9-3-13(31)20(38)14(32)4-9,45-26(44)10-5-15(33)21(39)16(34)6-10)24(42)18(36)8-1-11(29)19(37)12(30)2-8;1-6(11)8-9-4-3-5-10(8)7(2)12/h1-6,17,22,25,28-35,37-40,43H,7H2;3-5,8H,1-2H3/t17-,22-,25+,27+;/m1./s1. The lowest BCUT2D eigenvalue weighted by molar-refractivity contribution is -0.160. The summed E-state index contributed by atoms with van der Waals surface area (Å²) in [6, 6.07) is 2.28. The molecule has 0 aromatic heterocycles. The molecule has 0 spiro atoms. The van der Waals surface area contributed by atoms with E-state index in [1.165, 1.54) is 25.0 Å². The van der Waals surface area contributed by atoms with Crippen molar-refractivity contribution in [3.63, 3.8) is 0 Å². The fourth-order valence-corrected chi connectivity index (χ4v) is 4.99. The number of hydrogen-bond donors (Lipinski definition) is 13. The molecule has 13 N–H and O–H groups in total. The highest BCUT2D eigenvalue weighted by Gasteiger charge is 2.61. The van der Waals surface area contributed by atoms with Crippen molar-refractivity contribution in [2.24, 2.45) is 4.99 Å². The number of phenols is 9. The number of aliphatic hydroxyl groups is 4. The van der Waals surface area contributed by atoms with E-state index >= 15 is 0 Å². The Morgan fingerprint density at radius 1 is 0.702 bits per heavy atom. The summed E-state index contributed by atoms with van der Waals surface area (Å²) in [6.45, 7) is 1.44. The van der Waals surface area contributed by atoms with Gasteiger partial charge in [-0.05, 0) is 49.4 Å². The van der Waals surface area contributed by atoms with Crippen LogP contribution in [0, 0.1) is 0 Å². The zero-order valence-corrected chi connectivity index (χ0v) is 29.3. The van der Waals surface area contributed by atoms with Crippen molar-refractivity contribution in [1.29, 1.82) is 0 Å². The minimum atomic E-state index is -4.12. The third kappa shape index (κ3) is 9.00. The number of amides is 1. The Bertz CT molecular complexity index is 2080. The lowest BCUT2D eigenvalue weighted by atomic mass is 9.77. The van der Waals surface area contributed by atoms with Gasteiger partial charge in [0.25, 0.3) is 11.4 Å². The van der Waals surface area contributed by atoms with Crippen LogP contribution >= 0.6 is 0 Å². The molecule has 1 aliphatic heterocycles. The van der Waals surface area contributed by atoms with Crippen LogP contribution in [0.3, 0.4) is 0 Å². The molecule has 1 unspecified atom stereocenters. The first-order chi connectivity index (χ1) is 26.5. The zero-order chi connectivity index (χ0) is 43.3. The average Bonchev–Trinajstić information content (AvgIpc) is 3.17. The first-order valence-corrected chi connectivity index (χ1v) is 15.8. The quantitative estimate of drug-likeness (QED) is 0.0332. The lowest BCUT2D eigenvalue weighted by Crippen LogP contribution is -2.66. The molecule has 22 nitrogen and oxygen atoms in total. The van der Waals surface area contributed by atoms with Gasteiger partial charge in [-0.15, -0.1) is 0 Å². The molecule has 3 aromatic carbocycles. The van der Waals surface area contributed by atoms with E-state index in [-0.39, 0.29) is 11.7 Å². The van der Waals surface area contributed by atoms with Crippen LogP contribution in [0.5, 0.6) is 51.7 Å². The van der Waals surface area contributed by atoms with E-state index in [1.54, 1.807) is 12.3 Å². The van der Waals surface area contributed by atoms with E-state index in [0.29, 0.717) is 36.4 Å². The van der Waals surface area contributed by atoms with Crippen molar-refractivity contribution in [3.8, 4) is 51.7 Å². The van der Waals surface area contributed by atoms with Gasteiger partial charge in [0.05, 0.1) is 12.2 Å². The summed E-state index contributed by atoms with van der Waals surface area (Å²) in [5.41, 5.74) is -7.26. The second-order valence-corrected chi connectivity index (χ2v) is 11.9. The van der Waals surface area contributed by atoms with E-state index in [4.69, 9.17) is 4.74 Å². The molecule has 22 heteroatoms. The number of esters is 1. The maximum atomic E-state index is 14.0. The Morgan fingerprint density at radius 3 is 1.51 bits per heavy atom. The molecule has 0 saturated carbocycles. The fraction of sp³-hybridized carbons (Fsp3) is 0.229. The Hall–Kier alpha value is -7.27. The smallest absolute Gasteiger partial charge is 0.339 e. The minimum Gasteiger partial charge on any atom is -0.504 e. The van der Waals surface area contributed by atoms with Gasteiger partial charge in [-0.1, -0.05) is 0 Å². The van der Waals surface area contributed by atoms with E-state index in [1.807, 2.05) is 0 Å². The van der Waals surface area contributed by atoms with Gasteiger partial charge < -0.3 is 71.1 Å². The van der Waals surface area contributed by atoms with E-state index in [9.17, 15) is 95.2 Å². The van der Waals surface area contributed by atoms with Gasteiger partial charge in [0.2, 0.25) is 17.5 Å². The molecule has 57 heavy (non-hydrogen) atoms. The predicted molar refractivity (Wildman–Crippen MR) is 186 cm³/mol. The number of nitrogens with zero attached hydrogens (tertiary/aromatic N) is 2. The number of benzene rings is 3. The SMILES string of the molecule is CC(=O)C1N=CC=CN1C(C)=O.O=C(O[C@](C(=O)C(=O)c1cc(O)c(O)c(O)c1)(C(=O)c1cc(O)c(O)c(O)c1)[C@@H](O)[C@H](O)[C@H](O)CO)c1cc(O)c(O)c(O)c1. The van der Waals surface area contributed by atoms with Crippen molar-refractivity contribution >= 4 is 41.2 Å². The van der Waals surface area contributed by atoms with Gasteiger partial charge in [-0.25, -0.2) is 4.79 Å². The molecular weight excluding hydrogens is 768 g/mol. The molecule has 0 saturated heterocycles. The molecule has 304 valence electrons. The summed E-state index contributed by atoms with van der Waals surface area (Å²) in [5, 5.41) is 129. The number of ketones is 4. The number of rotatable bonds is 12. The molecule has 3 aromatic rings. The fourth-order valence-electron chi connectivity index (χ4n) is 4.99. The first kappa shape index (κ1) is 44.1. The summed E-state index contributed by atoms with van der Waals surface area (Å²) >= 11 is 0. The maximum Gasteiger partial charge on any atom is 0.339 e. The minimum absolute atomic E-state index is 0.134. The van der Waals surface area contributed by atoms with Crippen molar-refractivity contribution in [3.05, 3.63) is 65.4 Å². The molecule has 4 rings (SSSR count). The number of carbonyl (C=O) groups excluding carboxylic acids is 6. The third-order valence-corrected chi connectivity index (χ3v) is 7.98. The molecule has 0 radical (unpaired) electrons.